The van der Waals surface area contributed by atoms with Crippen LogP contribution in [0, 0.1) is 0 Å². The summed E-state index contributed by atoms with van der Waals surface area (Å²) in [4.78, 5) is 34.3. The summed E-state index contributed by atoms with van der Waals surface area (Å²) >= 11 is 0. The number of amides is 1. The third kappa shape index (κ3) is 6.69. The number of nitrogens with zero attached hydrogens (tertiary/aromatic N) is 2. The van der Waals surface area contributed by atoms with Gasteiger partial charge in [0.25, 0.3) is 0 Å². The SMILES string of the molecule is CCCN(Cc1ccc(N=C(c2ccccc2)c2c(O)[nH]c3cc(C(=O)OC)ccc23)cc1)C(=O)OC(C)(C)C. The topological polar surface area (TPSA) is 104 Å². The zero-order valence-electron chi connectivity index (χ0n) is 23.5. The number of fused-ring (bicyclic) bond motifs is 1. The summed E-state index contributed by atoms with van der Waals surface area (Å²) < 4.78 is 10.4. The molecule has 0 atom stereocenters. The number of aromatic amines is 1. The number of esters is 1. The van der Waals surface area contributed by atoms with Gasteiger partial charge in [-0.2, -0.15) is 0 Å². The second-order valence-electron chi connectivity index (χ2n) is 10.5. The summed E-state index contributed by atoms with van der Waals surface area (Å²) in [6.07, 6.45) is 0.477. The summed E-state index contributed by atoms with van der Waals surface area (Å²) in [7, 11) is 1.33. The van der Waals surface area contributed by atoms with E-state index in [0.717, 1.165) is 22.9 Å². The smallest absolute Gasteiger partial charge is 0.410 e. The largest absolute Gasteiger partial charge is 0.494 e. The van der Waals surface area contributed by atoms with E-state index in [-0.39, 0.29) is 12.0 Å². The van der Waals surface area contributed by atoms with Crippen LogP contribution in [0.5, 0.6) is 5.88 Å². The van der Waals surface area contributed by atoms with Crippen molar-refractivity contribution in [2.75, 3.05) is 13.7 Å². The number of carbonyl (C=O) groups excluding carboxylic acids is 2. The van der Waals surface area contributed by atoms with Gasteiger partial charge in [-0.3, -0.25) is 0 Å². The molecule has 0 spiro atoms. The fourth-order valence-corrected chi connectivity index (χ4v) is 4.39. The monoisotopic (exact) mass is 541 g/mol. The van der Waals surface area contributed by atoms with Crippen LogP contribution in [0.25, 0.3) is 10.9 Å². The molecular formula is C32H35N3O5. The summed E-state index contributed by atoms with van der Waals surface area (Å²) in [6, 6.07) is 22.3. The first-order valence-electron chi connectivity index (χ1n) is 13.2. The molecule has 3 aromatic carbocycles. The van der Waals surface area contributed by atoms with Crippen molar-refractivity contribution in [2.45, 2.75) is 46.3 Å². The van der Waals surface area contributed by atoms with E-state index in [0.29, 0.717) is 41.1 Å². The van der Waals surface area contributed by atoms with Gasteiger partial charge >= 0.3 is 12.1 Å². The first-order valence-corrected chi connectivity index (χ1v) is 13.2. The van der Waals surface area contributed by atoms with Crippen LogP contribution >= 0.6 is 0 Å². The Morgan fingerprint density at radius 3 is 2.30 bits per heavy atom. The average molecular weight is 542 g/mol. The number of carbonyl (C=O) groups is 2. The molecule has 0 bridgehead atoms. The van der Waals surface area contributed by atoms with E-state index < -0.39 is 11.6 Å². The van der Waals surface area contributed by atoms with Gasteiger partial charge < -0.3 is 24.5 Å². The van der Waals surface area contributed by atoms with Gasteiger partial charge in [-0.15, -0.1) is 0 Å². The van der Waals surface area contributed by atoms with Crippen molar-refractivity contribution in [2.24, 2.45) is 4.99 Å². The zero-order valence-corrected chi connectivity index (χ0v) is 23.5. The molecule has 0 fully saturated rings. The highest BCUT2D eigenvalue weighted by atomic mass is 16.6. The molecule has 0 saturated carbocycles. The molecule has 8 nitrogen and oxygen atoms in total. The van der Waals surface area contributed by atoms with Gasteiger partial charge in [0.15, 0.2) is 5.88 Å². The number of methoxy groups -OCH3 is 1. The lowest BCUT2D eigenvalue weighted by Crippen LogP contribution is -2.36. The highest BCUT2D eigenvalue weighted by molar-refractivity contribution is 6.22. The number of ether oxygens (including phenoxy) is 2. The molecule has 0 radical (unpaired) electrons. The van der Waals surface area contributed by atoms with E-state index in [4.69, 9.17) is 14.5 Å². The molecular weight excluding hydrogens is 506 g/mol. The van der Waals surface area contributed by atoms with E-state index in [1.165, 1.54) is 7.11 Å². The lowest BCUT2D eigenvalue weighted by molar-refractivity contribution is 0.0233. The third-order valence-electron chi connectivity index (χ3n) is 6.18. The standard InChI is InChI=1S/C32H35N3O5/c1-6-18-35(31(38)40-32(2,3)4)20-21-12-15-24(16-13-21)33-28(22-10-8-7-9-11-22)27-25-17-14-23(30(37)39-5)19-26(25)34-29(27)36/h7-17,19,34,36H,6,18,20H2,1-5H3. The van der Waals surface area contributed by atoms with Gasteiger partial charge in [0, 0.05) is 29.6 Å². The minimum Gasteiger partial charge on any atom is -0.494 e. The maximum Gasteiger partial charge on any atom is 0.410 e. The van der Waals surface area contributed by atoms with Crippen LogP contribution in [0.1, 0.15) is 61.2 Å². The number of aliphatic imine (C=N–C) groups is 1. The molecule has 1 heterocycles. The predicted molar refractivity (Wildman–Crippen MR) is 156 cm³/mol. The molecule has 8 heteroatoms. The van der Waals surface area contributed by atoms with Crippen molar-refractivity contribution in [3.05, 3.63) is 95.1 Å². The van der Waals surface area contributed by atoms with Crippen LogP contribution in [0.2, 0.25) is 0 Å². The Balaban J connectivity index is 1.69. The molecule has 208 valence electrons. The van der Waals surface area contributed by atoms with E-state index in [2.05, 4.69) is 4.98 Å². The zero-order chi connectivity index (χ0) is 28.9. The minimum absolute atomic E-state index is 0.0520. The maximum absolute atomic E-state index is 12.7. The Morgan fingerprint density at radius 1 is 0.975 bits per heavy atom. The second kappa shape index (κ2) is 12.1. The van der Waals surface area contributed by atoms with Gasteiger partial charge in [-0.05, 0) is 57.0 Å². The number of aromatic nitrogens is 1. The fraction of sp³-hybridized carbons (Fsp3) is 0.281. The Labute approximate surface area is 234 Å². The molecule has 0 unspecified atom stereocenters. The number of nitrogens with one attached hydrogen (secondary N) is 1. The Kier molecular flexibility index (Phi) is 8.58. The molecule has 4 aromatic rings. The van der Waals surface area contributed by atoms with Crippen molar-refractivity contribution in [3.8, 4) is 5.88 Å². The average Bonchev–Trinajstić information content (AvgIpc) is 3.26. The van der Waals surface area contributed by atoms with Crippen molar-refractivity contribution in [1.29, 1.82) is 0 Å². The lowest BCUT2D eigenvalue weighted by atomic mass is 10.00. The Hall–Kier alpha value is -4.59. The second-order valence-corrected chi connectivity index (χ2v) is 10.5. The first kappa shape index (κ1) is 28.4. The van der Waals surface area contributed by atoms with E-state index >= 15 is 0 Å². The van der Waals surface area contributed by atoms with E-state index in [9.17, 15) is 14.7 Å². The van der Waals surface area contributed by atoms with Crippen molar-refractivity contribution >= 4 is 34.4 Å². The molecule has 40 heavy (non-hydrogen) atoms. The Bertz CT molecular complexity index is 1520. The fourth-order valence-electron chi connectivity index (χ4n) is 4.39. The molecule has 0 aliphatic heterocycles. The van der Waals surface area contributed by atoms with Crippen molar-refractivity contribution in [3.63, 3.8) is 0 Å². The first-order chi connectivity index (χ1) is 19.1. The van der Waals surface area contributed by atoms with Gasteiger partial charge in [0.1, 0.15) is 5.60 Å². The Morgan fingerprint density at radius 2 is 1.68 bits per heavy atom. The number of rotatable bonds is 8. The number of benzene rings is 3. The van der Waals surface area contributed by atoms with Gasteiger partial charge in [-0.25, -0.2) is 14.6 Å². The third-order valence-corrected chi connectivity index (χ3v) is 6.18. The minimum atomic E-state index is -0.565. The molecule has 4 rings (SSSR count). The number of hydrogen-bond donors (Lipinski definition) is 2. The highest BCUT2D eigenvalue weighted by Gasteiger charge is 2.22. The van der Waals surface area contributed by atoms with E-state index in [1.54, 1.807) is 23.1 Å². The van der Waals surface area contributed by atoms with Crippen molar-refractivity contribution in [1.82, 2.24) is 9.88 Å². The maximum atomic E-state index is 12.7. The van der Waals surface area contributed by atoms with Crippen LogP contribution in [-0.4, -0.2) is 52.0 Å². The number of aromatic hydroxyl groups is 1. The van der Waals surface area contributed by atoms with Gasteiger partial charge in [-0.1, -0.05) is 55.5 Å². The molecule has 2 N–H and O–H groups in total. The van der Waals surface area contributed by atoms with Crippen LogP contribution in [0.15, 0.2) is 77.8 Å². The van der Waals surface area contributed by atoms with E-state index in [1.807, 2.05) is 82.3 Å². The molecule has 0 aliphatic rings. The van der Waals surface area contributed by atoms with Crippen LogP contribution in [0.3, 0.4) is 0 Å². The lowest BCUT2D eigenvalue weighted by Gasteiger charge is -2.27. The number of H-pyrrole nitrogens is 1. The quantitative estimate of drug-likeness (QED) is 0.185. The molecule has 0 aliphatic carbocycles. The predicted octanol–water partition coefficient (Wildman–Crippen LogP) is 6.98. The summed E-state index contributed by atoms with van der Waals surface area (Å²) in [5.41, 5.74) is 3.95. The molecule has 1 aromatic heterocycles. The number of hydrogen-bond acceptors (Lipinski definition) is 6. The van der Waals surface area contributed by atoms with Gasteiger partial charge in [0.2, 0.25) is 0 Å². The normalized spacial score (nSPS) is 11.9. The summed E-state index contributed by atoms with van der Waals surface area (Å²) in [5.74, 6) is -0.512. The highest BCUT2D eigenvalue weighted by Crippen LogP contribution is 2.32. The molecule has 0 saturated heterocycles. The van der Waals surface area contributed by atoms with Crippen LogP contribution < -0.4 is 0 Å². The van der Waals surface area contributed by atoms with Crippen LogP contribution in [-0.2, 0) is 16.0 Å². The van der Waals surface area contributed by atoms with Crippen molar-refractivity contribution < 1.29 is 24.2 Å². The summed E-state index contributed by atoms with van der Waals surface area (Å²) in [5, 5.41) is 11.7. The molecule has 1 amide bonds. The van der Waals surface area contributed by atoms with Gasteiger partial charge in [0.05, 0.1) is 29.6 Å². The van der Waals surface area contributed by atoms with Crippen LogP contribution in [0.4, 0.5) is 10.5 Å². The summed E-state index contributed by atoms with van der Waals surface area (Å²) in [6.45, 7) is 8.60.